The molecule has 7 nitrogen and oxygen atoms in total. The van der Waals surface area contributed by atoms with Gasteiger partial charge in [0.2, 0.25) is 0 Å². The van der Waals surface area contributed by atoms with Crippen LogP contribution in [-0.4, -0.2) is 20.7 Å². The molecule has 0 aliphatic heterocycles. The molecule has 2 aromatic heterocycles. The highest BCUT2D eigenvalue weighted by atomic mass is 16.1. The summed E-state index contributed by atoms with van der Waals surface area (Å²) in [4.78, 5) is 15.9. The molecule has 0 aliphatic rings. The molecular weight excluding hydrogens is 232 g/mol. The lowest BCUT2D eigenvalue weighted by atomic mass is 10.3. The van der Waals surface area contributed by atoms with Gasteiger partial charge in [-0.05, 0) is 18.2 Å². The molecule has 0 saturated carbocycles. The van der Waals surface area contributed by atoms with E-state index in [2.05, 4.69) is 20.8 Å². The number of nitrogens with two attached hydrogens (primary N) is 1. The number of amides is 1. The first-order chi connectivity index (χ1) is 8.70. The minimum Gasteiger partial charge on any atom is -0.345 e. The topological polar surface area (TPSA) is 97.9 Å². The summed E-state index contributed by atoms with van der Waals surface area (Å²) in [5, 5.41) is 6.78. The van der Waals surface area contributed by atoms with Gasteiger partial charge in [0.25, 0.3) is 5.91 Å². The van der Waals surface area contributed by atoms with Crippen LogP contribution in [-0.2, 0) is 13.6 Å². The maximum Gasteiger partial charge on any atom is 0.270 e. The van der Waals surface area contributed by atoms with Crippen molar-refractivity contribution in [1.29, 1.82) is 0 Å². The Kier molecular flexibility index (Phi) is 3.54. The smallest absolute Gasteiger partial charge is 0.270 e. The molecule has 0 bridgehead atoms. The van der Waals surface area contributed by atoms with Crippen LogP contribution in [0.1, 0.15) is 16.2 Å². The van der Waals surface area contributed by atoms with Crippen LogP contribution in [0.15, 0.2) is 30.5 Å². The number of carbonyl (C=O) groups is 1. The molecule has 0 spiro atoms. The summed E-state index contributed by atoms with van der Waals surface area (Å²) in [6.45, 7) is 0.400. The van der Waals surface area contributed by atoms with Crippen LogP contribution < -0.4 is 16.6 Å². The number of hydrazine groups is 1. The number of anilines is 1. The average Bonchev–Trinajstić information content (AvgIpc) is 2.81. The van der Waals surface area contributed by atoms with Gasteiger partial charge in [-0.3, -0.25) is 9.48 Å². The highest BCUT2D eigenvalue weighted by molar-refractivity contribution is 5.92. The fourth-order valence-electron chi connectivity index (χ4n) is 1.48. The number of carbonyl (C=O) groups excluding carboxylic acids is 1. The standard InChI is InChI=1S/C11H14N6O/c1-17-8(5-6-14-17)7-13-11(18)9-3-2-4-10(15-9)16-12/h2-6H,7,12H2,1H3,(H,13,18)(H,15,16). The van der Waals surface area contributed by atoms with E-state index in [0.29, 0.717) is 18.1 Å². The van der Waals surface area contributed by atoms with E-state index in [1.165, 1.54) is 0 Å². The van der Waals surface area contributed by atoms with Crippen molar-refractivity contribution in [1.82, 2.24) is 20.1 Å². The first-order valence-electron chi connectivity index (χ1n) is 5.39. The van der Waals surface area contributed by atoms with Crippen molar-refractivity contribution in [3.05, 3.63) is 41.9 Å². The van der Waals surface area contributed by atoms with Crippen LogP contribution in [0.4, 0.5) is 5.82 Å². The Labute approximate surface area is 104 Å². The summed E-state index contributed by atoms with van der Waals surface area (Å²) >= 11 is 0. The van der Waals surface area contributed by atoms with Crippen molar-refractivity contribution in [3.8, 4) is 0 Å². The zero-order chi connectivity index (χ0) is 13.0. The molecule has 4 N–H and O–H groups in total. The maximum absolute atomic E-state index is 11.8. The van der Waals surface area contributed by atoms with Crippen LogP contribution in [0.3, 0.4) is 0 Å². The zero-order valence-corrected chi connectivity index (χ0v) is 9.92. The summed E-state index contributed by atoms with van der Waals surface area (Å²) in [5.41, 5.74) is 3.62. The molecule has 0 saturated heterocycles. The number of rotatable bonds is 4. The Balaban J connectivity index is 2.01. The van der Waals surface area contributed by atoms with Gasteiger partial charge >= 0.3 is 0 Å². The van der Waals surface area contributed by atoms with E-state index in [9.17, 15) is 4.79 Å². The molecule has 0 aliphatic carbocycles. The Morgan fingerprint density at radius 1 is 1.44 bits per heavy atom. The summed E-state index contributed by atoms with van der Waals surface area (Å²) in [6.07, 6.45) is 1.68. The highest BCUT2D eigenvalue weighted by Crippen LogP contribution is 2.03. The van der Waals surface area contributed by atoms with Crippen molar-refractivity contribution < 1.29 is 4.79 Å². The lowest BCUT2D eigenvalue weighted by Crippen LogP contribution is -2.25. The van der Waals surface area contributed by atoms with E-state index in [1.54, 1.807) is 29.1 Å². The third-order valence-corrected chi connectivity index (χ3v) is 2.48. The summed E-state index contributed by atoms with van der Waals surface area (Å²) in [5.74, 6) is 5.43. The van der Waals surface area contributed by atoms with Gasteiger partial charge < -0.3 is 10.7 Å². The van der Waals surface area contributed by atoms with Gasteiger partial charge in [-0.25, -0.2) is 10.8 Å². The number of nitrogens with one attached hydrogen (secondary N) is 2. The fourth-order valence-corrected chi connectivity index (χ4v) is 1.48. The van der Waals surface area contributed by atoms with E-state index in [-0.39, 0.29) is 5.91 Å². The molecule has 0 fully saturated rings. The van der Waals surface area contributed by atoms with E-state index < -0.39 is 0 Å². The van der Waals surface area contributed by atoms with Gasteiger partial charge in [0.05, 0.1) is 12.2 Å². The number of nitrogens with zero attached hydrogens (tertiary/aromatic N) is 3. The minimum absolute atomic E-state index is 0.256. The molecule has 18 heavy (non-hydrogen) atoms. The Bertz CT molecular complexity index is 550. The molecule has 0 aromatic carbocycles. The second-order valence-electron chi connectivity index (χ2n) is 3.68. The molecule has 1 amide bonds. The Morgan fingerprint density at radius 3 is 2.94 bits per heavy atom. The lowest BCUT2D eigenvalue weighted by molar-refractivity contribution is 0.0945. The van der Waals surface area contributed by atoms with Crippen LogP contribution in [0.25, 0.3) is 0 Å². The summed E-state index contributed by atoms with van der Waals surface area (Å²) in [7, 11) is 1.82. The number of aryl methyl sites for hydroxylation is 1. The summed E-state index contributed by atoms with van der Waals surface area (Å²) < 4.78 is 1.70. The van der Waals surface area contributed by atoms with Gasteiger partial charge in [0.15, 0.2) is 0 Å². The number of pyridine rings is 1. The highest BCUT2D eigenvalue weighted by Gasteiger charge is 2.08. The van der Waals surface area contributed by atoms with E-state index in [0.717, 1.165) is 5.69 Å². The largest absolute Gasteiger partial charge is 0.345 e. The second kappa shape index (κ2) is 5.28. The number of nitrogen functional groups attached to an aromatic ring is 1. The predicted octanol–water partition coefficient (Wildman–Crippen LogP) is 0.0307. The number of aromatic nitrogens is 3. The molecule has 0 unspecified atom stereocenters. The van der Waals surface area contributed by atoms with E-state index in [1.807, 2.05) is 13.1 Å². The monoisotopic (exact) mass is 246 g/mol. The van der Waals surface area contributed by atoms with Gasteiger partial charge in [0.1, 0.15) is 11.5 Å². The first kappa shape index (κ1) is 12.1. The molecule has 0 radical (unpaired) electrons. The van der Waals surface area contributed by atoms with Gasteiger partial charge in [-0.2, -0.15) is 5.10 Å². The van der Waals surface area contributed by atoms with Crippen molar-refractivity contribution in [2.45, 2.75) is 6.54 Å². The van der Waals surface area contributed by atoms with E-state index in [4.69, 9.17) is 5.84 Å². The van der Waals surface area contributed by atoms with Gasteiger partial charge in [-0.15, -0.1) is 0 Å². The molecule has 2 rings (SSSR count). The van der Waals surface area contributed by atoms with Crippen molar-refractivity contribution in [2.24, 2.45) is 12.9 Å². The molecular formula is C11H14N6O. The van der Waals surface area contributed by atoms with Gasteiger partial charge in [-0.1, -0.05) is 6.07 Å². The molecule has 0 atom stereocenters. The van der Waals surface area contributed by atoms with E-state index >= 15 is 0 Å². The molecule has 94 valence electrons. The zero-order valence-electron chi connectivity index (χ0n) is 9.92. The summed E-state index contributed by atoms with van der Waals surface area (Å²) in [6, 6.07) is 6.85. The SMILES string of the molecule is Cn1nccc1CNC(=O)c1cccc(NN)n1. The lowest BCUT2D eigenvalue weighted by Gasteiger charge is -2.06. The average molecular weight is 246 g/mol. The van der Waals surface area contributed by atoms with Crippen LogP contribution >= 0.6 is 0 Å². The third kappa shape index (κ3) is 2.64. The fraction of sp³-hybridized carbons (Fsp3) is 0.182. The molecule has 7 heteroatoms. The minimum atomic E-state index is -0.256. The predicted molar refractivity (Wildman–Crippen MR) is 66.4 cm³/mol. The van der Waals surface area contributed by atoms with Crippen LogP contribution in [0.2, 0.25) is 0 Å². The maximum atomic E-state index is 11.8. The van der Waals surface area contributed by atoms with Crippen molar-refractivity contribution in [2.75, 3.05) is 5.43 Å². The normalized spacial score (nSPS) is 10.1. The van der Waals surface area contributed by atoms with Crippen molar-refractivity contribution in [3.63, 3.8) is 0 Å². The van der Waals surface area contributed by atoms with Crippen LogP contribution in [0, 0.1) is 0 Å². The van der Waals surface area contributed by atoms with Gasteiger partial charge in [0, 0.05) is 13.2 Å². The quantitative estimate of drug-likeness (QED) is 0.522. The van der Waals surface area contributed by atoms with Crippen molar-refractivity contribution >= 4 is 11.7 Å². The first-order valence-corrected chi connectivity index (χ1v) is 5.39. The van der Waals surface area contributed by atoms with Crippen LogP contribution in [0.5, 0.6) is 0 Å². The molecule has 2 aromatic rings. The Morgan fingerprint density at radius 2 is 2.28 bits per heavy atom. The number of hydrogen-bond donors (Lipinski definition) is 3. The second-order valence-corrected chi connectivity index (χ2v) is 3.68. The molecule has 2 heterocycles. The third-order valence-electron chi connectivity index (χ3n) is 2.48. The Hall–Kier alpha value is -2.41. The number of hydrogen-bond acceptors (Lipinski definition) is 5.